The van der Waals surface area contributed by atoms with Crippen LogP contribution in [0.1, 0.15) is 81.0 Å². The van der Waals surface area contributed by atoms with E-state index in [1.807, 2.05) is 36.4 Å². The lowest BCUT2D eigenvalue weighted by atomic mass is 9.99. The molecule has 37 heavy (non-hydrogen) atoms. The number of halogens is 3. The van der Waals surface area contributed by atoms with Crippen molar-refractivity contribution >= 4 is 16.7 Å². The van der Waals surface area contributed by atoms with Gasteiger partial charge in [0.05, 0.1) is 18.7 Å². The van der Waals surface area contributed by atoms with Crippen LogP contribution >= 0.6 is 0 Å². The Kier molecular flexibility index (Phi) is 10.6. The van der Waals surface area contributed by atoms with Gasteiger partial charge in [-0.05, 0) is 46.5 Å². The van der Waals surface area contributed by atoms with Gasteiger partial charge in [0.15, 0.2) is 0 Å². The second-order valence-electron chi connectivity index (χ2n) is 9.21. The molecule has 0 aliphatic heterocycles. The van der Waals surface area contributed by atoms with E-state index in [-0.39, 0.29) is 13.1 Å². The minimum atomic E-state index is -4.40. The summed E-state index contributed by atoms with van der Waals surface area (Å²) < 4.78 is 38.7. The van der Waals surface area contributed by atoms with Gasteiger partial charge in [-0.15, -0.1) is 5.06 Å². The number of rotatable bonds is 11. The summed E-state index contributed by atoms with van der Waals surface area (Å²) in [5, 5.41) is 3.49. The van der Waals surface area contributed by atoms with Crippen molar-refractivity contribution in [1.29, 1.82) is 0 Å². The van der Waals surface area contributed by atoms with Crippen LogP contribution in [0.2, 0.25) is 0 Å². The van der Waals surface area contributed by atoms with Gasteiger partial charge in [0.25, 0.3) is 0 Å². The lowest BCUT2D eigenvalue weighted by Gasteiger charge is -2.22. The highest BCUT2D eigenvalue weighted by Gasteiger charge is 2.30. The molecule has 0 heterocycles. The summed E-state index contributed by atoms with van der Waals surface area (Å²) in [6, 6.07) is 16.8. The normalized spacial score (nSPS) is 11.4. The van der Waals surface area contributed by atoms with Crippen LogP contribution in [0.3, 0.4) is 0 Å². The first-order chi connectivity index (χ1) is 17.8. The number of hydrogen-bond acceptors (Lipinski definition) is 3. The Morgan fingerprint density at radius 3 is 2.22 bits per heavy atom. The maximum absolute atomic E-state index is 12.9. The molecule has 0 spiro atoms. The van der Waals surface area contributed by atoms with E-state index in [9.17, 15) is 18.0 Å². The number of alkyl halides is 3. The van der Waals surface area contributed by atoms with E-state index < -0.39 is 17.7 Å². The zero-order valence-electron chi connectivity index (χ0n) is 21.5. The third-order valence-corrected chi connectivity index (χ3v) is 6.14. The SMILES string of the molecule is CCCCCCCCC#Cc1ccc(CN(Cc2ccc(C(F)(F)F)cc2)OC(C)=O)c2ccccc12. The predicted molar refractivity (Wildman–Crippen MR) is 141 cm³/mol. The van der Waals surface area contributed by atoms with Crippen molar-refractivity contribution in [1.82, 2.24) is 5.06 Å². The quantitative estimate of drug-likeness (QED) is 0.148. The number of nitrogens with zero attached hydrogens (tertiary/aromatic N) is 1. The molecular weight excluding hydrogens is 475 g/mol. The van der Waals surface area contributed by atoms with Crippen molar-refractivity contribution < 1.29 is 22.8 Å². The van der Waals surface area contributed by atoms with Gasteiger partial charge >= 0.3 is 12.1 Å². The molecule has 3 aromatic carbocycles. The summed E-state index contributed by atoms with van der Waals surface area (Å²) >= 11 is 0. The number of fused-ring (bicyclic) bond motifs is 1. The second kappa shape index (κ2) is 13.9. The smallest absolute Gasteiger partial charge is 0.368 e. The van der Waals surface area contributed by atoms with Crippen LogP contribution < -0.4 is 0 Å². The molecule has 0 aliphatic carbocycles. The molecule has 196 valence electrons. The van der Waals surface area contributed by atoms with Gasteiger partial charge in [0, 0.05) is 18.9 Å². The third-order valence-electron chi connectivity index (χ3n) is 6.14. The van der Waals surface area contributed by atoms with Gasteiger partial charge in [-0.2, -0.15) is 13.2 Å². The van der Waals surface area contributed by atoms with Gasteiger partial charge in [0.1, 0.15) is 0 Å². The van der Waals surface area contributed by atoms with Crippen molar-refractivity contribution in [3.63, 3.8) is 0 Å². The van der Waals surface area contributed by atoms with Crippen LogP contribution in [0, 0.1) is 11.8 Å². The summed E-state index contributed by atoms with van der Waals surface area (Å²) in [6.07, 6.45) is 3.88. The molecule has 0 atom stereocenters. The van der Waals surface area contributed by atoms with Gasteiger partial charge in [-0.3, -0.25) is 4.79 Å². The molecule has 0 saturated heterocycles. The molecule has 0 aromatic heterocycles. The largest absolute Gasteiger partial charge is 0.416 e. The van der Waals surface area contributed by atoms with E-state index in [0.717, 1.165) is 46.9 Å². The van der Waals surface area contributed by atoms with Crippen LogP contribution in [0.5, 0.6) is 0 Å². The highest BCUT2D eigenvalue weighted by molar-refractivity contribution is 5.90. The molecule has 3 rings (SSSR count). The summed E-state index contributed by atoms with van der Waals surface area (Å²) in [6.45, 7) is 3.97. The number of carbonyl (C=O) groups is 1. The second-order valence-corrected chi connectivity index (χ2v) is 9.21. The lowest BCUT2D eigenvalue weighted by Crippen LogP contribution is -2.25. The molecular formula is C31H34F3NO2. The molecule has 0 saturated carbocycles. The van der Waals surface area contributed by atoms with Crippen molar-refractivity contribution in [3.05, 3.63) is 82.9 Å². The zero-order chi connectivity index (χ0) is 26.7. The van der Waals surface area contributed by atoms with Gasteiger partial charge < -0.3 is 4.84 Å². The molecule has 0 fully saturated rings. The Morgan fingerprint density at radius 1 is 0.865 bits per heavy atom. The molecule has 3 nitrogen and oxygen atoms in total. The highest BCUT2D eigenvalue weighted by atomic mass is 19.4. The average Bonchev–Trinajstić information content (AvgIpc) is 2.86. The van der Waals surface area contributed by atoms with E-state index in [1.165, 1.54) is 56.2 Å². The Morgan fingerprint density at radius 2 is 1.54 bits per heavy atom. The number of hydroxylamine groups is 2. The monoisotopic (exact) mass is 509 g/mol. The topological polar surface area (TPSA) is 29.5 Å². The van der Waals surface area contributed by atoms with Crippen molar-refractivity contribution in [2.45, 2.75) is 78.1 Å². The predicted octanol–water partition coefficient (Wildman–Crippen LogP) is 8.44. The summed E-state index contributed by atoms with van der Waals surface area (Å²) in [5.74, 6) is 6.14. The molecule has 3 aromatic rings. The fourth-order valence-corrected chi connectivity index (χ4v) is 4.25. The van der Waals surface area contributed by atoms with E-state index in [4.69, 9.17) is 4.84 Å². The zero-order valence-corrected chi connectivity index (χ0v) is 21.5. The van der Waals surface area contributed by atoms with Gasteiger partial charge in [0.2, 0.25) is 0 Å². The maximum Gasteiger partial charge on any atom is 0.416 e. The summed E-state index contributed by atoms with van der Waals surface area (Å²) in [5.41, 5.74) is 1.78. The number of unbranched alkanes of at least 4 members (excludes halogenated alkanes) is 6. The fourth-order valence-electron chi connectivity index (χ4n) is 4.25. The molecule has 0 bridgehead atoms. The fraction of sp³-hybridized carbons (Fsp3) is 0.387. The average molecular weight is 510 g/mol. The first kappa shape index (κ1) is 28.3. The van der Waals surface area contributed by atoms with Crippen LogP contribution in [0.15, 0.2) is 60.7 Å². The molecule has 0 N–H and O–H groups in total. The maximum atomic E-state index is 12.9. The van der Waals surface area contributed by atoms with E-state index >= 15 is 0 Å². The Bertz CT molecular complexity index is 1220. The molecule has 0 unspecified atom stereocenters. The number of hydrogen-bond donors (Lipinski definition) is 0. The third kappa shape index (κ3) is 8.94. The van der Waals surface area contributed by atoms with Crippen molar-refractivity contribution in [3.8, 4) is 11.8 Å². The highest BCUT2D eigenvalue weighted by Crippen LogP contribution is 2.29. The van der Waals surface area contributed by atoms with E-state index in [1.54, 1.807) is 0 Å². The first-order valence-electron chi connectivity index (χ1n) is 12.9. The van der Waals surface area contributed by atoms with E-state index in [2.05, 4.69) is 18.8 Å². The minimum absolute atomic E-state index is 0.159. The van der Waals surface area contributed by atoms with E-state index in [0.29, 0.717) is 5.56 Å². The lowest BCUT2D eigenvalue weighted by molar-refractivity contribution is -0.194. The summed E-state index contributed by atoms with van der Waals surface area (Å²) in [7, 11) is 0. The minimum Gasteiger partial charge on any atom is -0.368 e. The van der Waals surface area contributed by atoms with Crippen LogP contribution in [-0.4, -0.2) is 11.0 Å². The Hall–Kier alpha value is -3.30. The van der Waals surface area contributed by atoms with Crippen molar-refractivity contribution in [2.75, 3.05) is 0 Å². The van der Waals surface area contributed by atoms with Crippen LogP contribution in [0.25, 0.3) is 10.8 Å². The molecule has 0 radical (unpaired) electrons. The van der Waals surface area contributed by atoms with Crippen molar-refractivity contribution in [2.24, 2.45) is 0 Å². The summed E-state index contributed by atoms with van der Waals surface area (Å²) in [4.78, 5) is 17.2. The first-order valence-corrected chi connectivity index (χ1v) is 12.9. The van der Waals surface area contributed by atoms with Gasteiger partial charge in [-0.25, -0.2) is 0 Å². The van der Waals surface area contributed by atoms with Gasteiger partial charge in [-0.1, -0.05) is 93.3 Å². The Balaban J connectivity index is 1.74. The Labute approximate surface area is 217 Å². The number of benzene rings is 3. The number of carbonyl (C=O) groups excluding carboxylic acids is 1. The molecule has 6 heteroatoms. The standard InChI is InChI=1S/C31H34F3NO2/c1-3-4-5-6-7-8-9-10-13-26-18-19-27(30-15-12-11-14-29(26)30)23-35(37-24(2)36)22-25-16-20-28(21-17-25)31(32,33)34/h11-12,14-21H,3-9,22-23H2,1-2H3. The van der Waals surface area contributed by atoms with Crippen LogP contribution in [0.4, 0.5) is 13.2 Å². The molecule has 0 aliphatic rings. The molecule has 0 amide bonds. The van der Waals surface area contributed by atoms with Crippen LogP contribution in [-0.2, 0) is 28.9 Å².